The van der Waals surface area contributed by atoms with Crippen LogP contribution in [0.4, 0.5) is 4.39 Å². The zero-order chi connectivity index (χ0) is 29.8. The van der Waals surface area contributed by atoms with E-state index in [9.17, 15) is 14.4 Å². The highest BCUT2D eigenvalue weighted by molar-refractivity contribution is 6.05. The topological polar surface area (TPSA) is 88.2 Å². The summed E-state index contributed by atoms with van der Waals surface area (Å²) in [5, 5.41) is 2.03. The van der Waals surface area contributed by atoms with Crippen molar-refractivity contribution in [3.63, 3.8) is 0 Å². The Morgan fingerprint density at radius 2 is 2.03 bits per heavy atom. The Balaban J connectivity index is 1.47. The van der Waals surface area contributed by atoms with Gasteiger partial charge < -0.3 is 14.4 Å². The van der Waals surface area contributed by atoms with Crippen LogP contribution in [0.3, 0.4) is 0 Å². The lowest BCUT2D eigenvalue weighted by molar-refractivity contribution is -0.136. The molecule has 0 aromatic heterocycles. The molecule has 1 N–H and O–H groups in total. The second kappa shape index (κ2) is 9.52. The molecule has 1 atom stereocenters. The molecule has 1 unspecified atom stereocenters. The van der Waals surface area contributed by atoms with Crippen LogP contribution in [0.5, 0.6) is 5.75 Å². The predicted octanol–water partition coefficient (Wildman–Crippen LogP) is 2.00. The van der Waals surface area contributed by atoms with Crippen molar-refractivity contribution in [3.8, 4) is 5.75 Å². The number of halogens is 1. The van der Waals surface area contributed by atoms with Gasteiger partial charge in [0.1, 0.15) is 24.2 Å². The summed E-state index contributed by atoms with van der Waals surface area (Å²) in [4.78, 5) is 40.2. The molecular weight excluding hydrogens is 441 g/mol. The van der Waals surface area contributed by atoms with E-state index in [0.717, 1.165) is 4.90 Å². The third-order valence-corrected chi connectivity index (χ3v) is 5.88. The van der Waals surface area contributed by atoms with E-state index in [0.29, 0.717) is 26.3 Å². The summed E-state index contributed by atoms with van der Waals surface area (Å²) in [5.74, 6) is -4.00. The number of piperidine rings is 1. The number of hydrogen-bond acceptors (Lipinski definition) is 6. The van der Waals surface area contributed by atoms with E-state index >= 15 is 4.39 Å². The number of carbonyl (C=O) groups is 3. The minimum atomic E-state index is -2.19. The Morgan fingerprint density at radius 3 is 2.82 bits per heavy atom. The fourth-order valence-corrected chi connectivity index (χ4v) is 4.07. The zero-order valence-corrected chi connectivity index (χ0v) is 18.2. The number of amides is 3. The Kier molecular flexibility index (Phi) is 4.36. The van der Waals surface area contributed by atoms with Crippen LogP contribution in [0.2, 0.25) is 0 Å². The van der Waals surface area contributed by atoms with E-state index in [4.69, 9.17) is 19.1 Å². The van der Waals surface area contributed by atoms with E-state index in [1.54, 1.807) is 0 Å². The average molecular weight is 475 g/mol. The number of rotatable bonds is 6. The van der Waals surface area contributed by atoms with Crippen molar-refractivity contribution in [3.05, 3.63) is 64.3 Å². The number of hydrogen-bond donors (Lipinski definition) is 1. The minimum Gasteiger partial charge on any atom is -0.488 e. The molecule has 2 fully saturated rings. The van der Waals surface area contributed by atoms with Gasteiger partial charge in [-0.3, -0.25) is 24.6 Å². The van der Waals surface area contributed by atoms with Crippen molar-refractivity contribution < 1.29 is 37.8 Å². The van der Waals surface area contributed by atoms with E-state index in [2.05, 4.69) is 0 Å². The first-order valence-electron chi connectivity index (χ1n) is 14.4. The zero-order valence-electron chi connectivity index (χ0n) is 25.2. The molecule has 34 heavy (non-hydrogen) atoms. The van der Waals surface area contributed by atoms with Gasteiger partial charge in [-0.05, 0) is 30.1 Å². The van der Waals surface area contributed by atoms with Crippen LogP contribution in [-0.4, -0.2) is 59.8 Å². The maximum atomic E-state index is 15.4. The molecule has 8 nitrogen and oxygen atoms in total. The molecule has 3 heterocycles. The monoisotopic (exact) mass is 474 g/mol. The van der Waals surface area contributed by atoms with Crippen LogP contribution in [0, 0.1) is 5.82 Å². The number of benzene rings is 2. The van der Waals surface area contributed by atoms with E-state index in [1.807, 2.05) is 10.2 Å². The van der Waals surface area contributed by atoms with Crippen molar-refractivity contribution >= 4 is 17.7 Å². The highest BCUT2D eigenvalue weighted by Crippen LogP contribution is 2.34. The molecule has 3 aliphatic rings. The molecular formula is C25H26FN3O5. The molecule has 9 heteroatoms. The van der Waals surface area contributed by atoms with E-state index < -0.39 is 78.5 Å². The molecule has 0 spiro atoms. The number of imide groups is 1. The molecule has 5 rings (SSSR count). The second-order valence-corrected chi connectivity index (χ2v) is 8.10. The lowest BCUT2D eigenvalue weighted by Crippen LogP contribution is -2.52. The molecule has 0 radical (unpaired) electrons. The lowest BCUT2D eigenvalue weighted by Gasteiger charge is -2.29. The van der Waals surface area contributed by atoms with Crippen molar-refractivity contribution in [2.75, 3.05) is 26.3 Å². The third kappa shape index (κ3) is 4.53. The number of nitrogens with zero attached hydrogens (tertiary/aromatic N) is 2. The second-order valence-electron chi connectivity index (χ2n) is 8.10. The Hall–Kier alpha value is -3.30. The van der Waals surface area contributed by atoms with Gasteiger partial charge >= 0.3 is 0 Å². The number of morpholine rings is 1. The Bertz CT molecular complexity index is 1460. The molecule has 3 amide bonds. The maximum absolute atomic E-state index is 15.4. The van der Waals surface area contributed by atoms with Gasteiger partial charge in [-0.15, -0.1) is 0 Å². The number of carbonyl (C=O) groups excluding carboxylic acids is 3. The van der Waals surface area contributed by atoms with Crippen LogP contribution >= 0.6 is 0 Å². The SMILES string of the molecule is [2H]c1c([2H])c(OCc2c([2H])c([2H])c(CN3CCOCC3)c([2H])c2F)c2c(c1[2H])C(=O)N(C1([2H])CCC(=O)NC1=O)C2. The summed E-state index contributed by atoms with van der Waals surface area (Å²) >= 11 is 0. The molecule has 0 aliphatic carbocycles. The third-order valence-electron chi connectivity index (χ3n) is 5.88. The summed E-state index contributed by atoms with van der Waals surface area (Å²) in [6.45, 7) is 0.910. The molecule has 0 bridgehead atoms. The summed E-state index contributed by atoms with van der Waals surface area (Å²) in [6, 6.07) is -5.50. The van der Waals surface area contributed by atoms with Crippen molar-refractivity contribution in [1.82, 2.24) is 15.1 Å². The Morgan fingerprint density at radius 1 is 1.21 bits per heavy atom. The predicted molar refractivity (Wildman–Crippen MR) is 119 cm³/mol. The first-order valence-corrected chi connectivity index (χ1v) is 10.9. The molecule has 3 aliphatic heterocycles. The first-order chi connectivity index (χ1) is 19.4. The molecule has 0 saturated carbocycles. The van der Waals surface area contributed by atoms with Gasteiger partial charge in [-0.2, -0.15) is 0 Å². The molecule has 178 valence electrons. The van der Waals surface area contributed by atoms with Crippen LogP contribution in [0.1, 0.15) is 49.5 Å². The van der Waals surface area contributed by atoms with Crippen LogP contribution in [0.25, 0.3) is 0 Å². The normalized spacial score (nSPS) is 26.0. The van der Waals surface area contributed by atoms with Crippen molar-refractivity contribution in [1.29, 1.82) is 0 Å². The van der Waals surface area contributed by atoms with Crippen LogP contribution in [-0.2, 0) is 34.0 Å². The van der Waals surface area contributed by atoms with Gasteiger partial charge in [-0.1, -0.05) is 18.1 Å². The average Bonchev–Trinajstić information content (AvgIpc) is 3.30. The summed E-state index contributed by atoms with van der Waals surface area (Å²) < 4.78 is 84.9. The number of ether oxygens (including phenoxy) is 2. The summed E-state index contributed by atoms with van der Waals surface area (Å²) in [6.07, 6.45) is -0.497. The smallest absolute Gasteiger partial charge is 0.255 e. The van der Waals surface area contributed by atoms with E-state index in [-0.39, 0.29) is 47.9 Å². The van der Waals surface area contributed by atoms with Gasteiger partial charge in [0.25, 0.3) is 5.91 Å². The molecule has 2 aromatic rings. The molecule has 2 aromatic carbocycles. The molecule has 2 saturated heterocycles. The van der Waals surface area contributed by atoms with Gasteiger partial charge in [0.2, 0.25) is 11.8 Å². The highest BCUT2D eigenvalue weighted by atomic mass is 19.1. The lowest BCUT2D eigenvalue weighted by atomic mass is 10.0. The summed E-state index contributed by atoms with van der Waals surface area (Å²) in [5.41, 5.74) is -0.806. The number of nitrogens with one attached hydrogen (secondary N) is 1. The number of fused-ring (bicyclic) bond motifs is 1. The minimum absolute atomic E-state index is 0.0402. The van der Waals surface area contributed by atoms with Crippen LogP contribution < -0.4 is 10.1 Å². The van der Waals surface area contributed by atoms with Crippen molar-refractivity contribution in [2.24, 2.45) is 0 Å². The van der Waals surface area contributed by atoms with E-state index in [1.165, 1.54) is 0 Å². The summed E-state index contributed by atoms with van der Waals surface area (Å²) in [7, 11) is 0. The fraction of sp³-hybridized carbons (Fsp3) is 0.400. The largest absolute Gasteiger partial charge is 0.488 e. The van der Waals surface area contributed by atoms with Gasteiger partial charge in [0.15, 0.2) is 0 Å². The first kappa shape index (κ1) is 15.6. The standard InChI is InChI=1S/C25H26FN3O5/c26-20-12-16(13-28-8-10-33-11-9-28)4-5-17(20)15-34-22-3-1-2-18-19(22)14-29(25(18)32)21-6-7-23(30)27-24(21)31/h1-5,12,21H,6-11,13-15H2,(H,27,30,31)/i1D,2D,3D,4D,5D,12D,21D. The van der Waals surface area contributed by atoms with Crippen molar-refractivity contribution in [2.45, 2.75) is 38.6 Å². The maximum Gasteiger partial charge on any atom is 0.255 e. The van der Waals surface area contributed by atoms with Crippen LogP contribution in [0.15, 0.2) is 36.3 Å². The Labute approximate surface area is 206 Å². The van der Waals surface area contributed by atoms with Gasteiger partial charge in [0, 0.05) is 42.7 Å². The quantitative estimate of drug-likeness (QED) is 0.645. The van der Waals surface area contributed by atoms with Gasteiger partial charge in [0.05, 0.1) is 29.4 Å². The fourth-order valence-electron chi connectivity index (χ4n) is 4.07. The van der Waals surface area contributed by atoms with Gasteiger partial charge in [-0.25, -0.2) is 4.39 Å². The highest BCUT2D eigenvalue weighted by Gasteiger charge is 2.40.